The molecule has 0 spiro atoms. The summed E-state index contributed by atoms with van der Waals surface area (Å²) in [5.74, 6) is -0.553. The van der Waals surface area contributed by atoms with E-state index in [4.69, 9.17) is 0 Å². The Morgan fingerprint density at radius 1 is 1.24 bits per heavy atom. The lowest BCUT2D eigenvalue weighted by Crippen LogP contribution is -2.28. The van der Waals surface area contributed by atoms with Crippen LogP contribution in [-0.4, -0.2) is 31.5 Å². The van der Waals surface area contributed by atoms with E-state index in [1.165, 1.54) is 6.42 Å². The highest BCUT2D eigenvalue weighted by molar-refractivity contribution is 7.91. The first-order valence-corrected chi connectivity index (χ1v) is 7.95. The first-order valence-electron chi connectivity index (χ1n) is 6.12. The number of hydrazone groups is 1. The molecule has 17 heavy (non-hydrogen) atoms. The summed E-state index contributed by atoms with van der Waals surface area (Å²) in [5.41, 5.74) is 3.55. The highest BCUT2D eigenvalue weighted by Gasteiger charge is 2.32. The van der Waals surface area contributed by atoms with Gasteiger partial charge in [0.25, 0.3) is 0 Å². The number of nitrogens with one attached hydrogen (secondary N) is 1. The van der Waals surface area contributed by atoms with E-state index in [1.54, 1.807) is 0 Å². The van der Waals surface area contributed by atoms with Gasteiger partial charge in [-0.05, 0) is 32.1 Å². The smallest absolute Gasteiger partial charge is 0.244 e. The van der Waals surface area contributed by atoms with Gasteiger partial charge < -0.3 is 0 Å². The highest BCUT2D eigenvalue weighted by atomic mass is 32.2. The molecule has 0 aromatic heterocycles. The molecule has 1 N–H and O–H groups in total. The molecular formula is C11H18N2O3S. The summed E-state index contributed by atoms with van der Waals surface area (Å²) in [7, 11) is -2.99. The third kappa shape index (κ3) is 3.52. The van der Waals surface area contributed by atoms with Crippen molar-refractivity contribution in [2.45, 2.75) is 38.5 Å². The van der Waals surface area contributed by atoms with Crippen LogP contribution in [-0.2, 0) is 14.6 Å². The molecule has 1 aliphatic carbocycles. The number of carbonyl (C=O) groups excluding carboxylic acids is 1. The second kappa shape index (κ2) is 5.16. The van der Waals surface area contributed by atoms with E-state index >= 15 is 0 Å². The van der Waals surface area contributed by atoms with Gasteiger partial charge in [0.05, 0.1) is 17.4 Å². The molecule has 96 valence electrons. The normalized spacial score (nSPS) is 27.8. The van der Waals surface area contributed by atoms with Gasteiger partial charge in [-0.3, -0.25) is 4.79 Å². The third-order valence-corrected chi connectivity index (χ3v) is 5.13. The number of amides is 1. The molecule has 1 saturated heterocycles. The molecule has 2 rings (SSSR count). The van der Waals surface area contributed by atoms with E-state index in [1.807, 2.05) is 0 Å². The van der Waals surface area contributed by atoms with Gasteiger partial charge in [0.2, 0.25) is 5.91 Å². The second-order valence-electron chi connectivity index (χ2n) is 4.81. The Balaban J connectivity index is 1.85. The van der Waals surface area contributed by atoms with Crippen LogP contribution in [0.1, 0.15) is 38.5 Å². The minimum Gasteiger partial charge on any atom is -0.273 e. The van der Waals surface area contributed by atoms with Crippen LogP contribution >= 0.6 is 0 Å². The summed E-state index contributed by atoms with van der Waals surface area (Å²) < 4.78 is 22.5. The molecule has 0 unspecified atom stereocenters. The topological polar surface area (TPSA) is 75.6 Å². The van der Waals surface area contributed by atoms with E-state index in [0.29, 0.717) is 6.42 Å². The average Bonchev–Trinajstić information content (AvgIpc) is 2.68. The molecule has 0 radical (unpaired) electrons. The van der Waals surface area contributed by atoms with Crippen LogP contribution in [0, 0.1) is 5.92 Å². The lowest BCUT2D eigenvalue weighted by molar-refractivity contribution is -0.124. The molecule has 1 atom stereocenters. The highest BCUT2D eigenvalue weighted by Crippen LogP contribution is 2.18. The van der Waals surface area contributed by atoms with Gasteiger partial charge in [0.15, 0.2) is 9.84 Å². The number of carbonyl (C=O) groups is 1. The van der Waals surface area contributed by atoms with Crippen molar-refractivity contribution in [2.24, 2.45) is 11.0 Å². The first kappa shape index (κ1) is 12.5. The van der Waals surface area contributed by atoms with Crippen LogP contribution in [0.15, 0.2) is 5.10 Å². The number of rotatable bonds is 2. The standard InChI is InChI=1S/C11H18N2O3S/c14-11(9-6-7-17(15,16)8-9)13-12-10-4-2-1-3-5-10/h9H,1-8H2,(H,13,14)/t9-/m0/s1. The molecule has 2 aliphatic rings. The van der Waals surface area contributed by atoms with Gasteiger partial charge >= 0.3 is 0 Å². The fraction of sp³-hybridized carbons (Fsp3) is 0.818. The summed E-state index contributed by atoms with van der Waals surface area (Å²) in [6, 6.07) is 0. The van der Waals surface area contributed by atoms with Gasteiger partial charge in [-0.25, -0.2) is 13.8 Å². The van der Waals surface area contributed by atoms with E-state index < -0.39 is 15.8 Å². The van der Waals surface area contributed by atoms with Crippen LogP contribution in [0.2, 0.25) is 0 Å². The summed E-state index contributed by atoms with van der Waals surface area (Å²) in [6.07, 6.45) is 5.82. The van der Waals surface area contributed by atoms with E-state index in [0.717, 1.165) is 31.4 Å². The van der Waals surface area contributed by atoms with E-state index in [9.17, 15) is 13.2 Å². The van der Waals surface area contributed by atoms with Crippen molar-refractivity contribution in [3.63, 3.8) is 0 Å². The zero-order valence-corrected chi connectivity index (χ0v) is 10.6. The summed E-state index contributed by atoms with van der Waals surface area (Å²) in [6.45, 7) is 0. The monoisotopic (exact) mass is 258 g/mol. The number of nitrogens with zero attached hydrogens (tertiary/aromatic N) is 1. The Morgan fingerprint density at radius 2 is 1.94 bits per heavy atom. The SMILES string of the molecule is O=C(NN=C1CCCCC1)[C@H]1CCS(=O)(=O)C1. The maximum Gasteiger partial charge on any atom is 0.244 e. The van der Waals surface area contributed by atoms with E-state index in [-0.39, 0.29) is 17.4 Å². The predicted molar refractivity (Wildman–Crippen MR) is 65.4 cm³/mol. The van der Waals surface area contributed by atoms with Crippen LogP contribution in [0.3, 0.4) is 0 Å². The third-order valence-electron chi connectivity index (χ3n) is 3.36. The number of sulfone groups is 1. The molecule has 1 heterocycles. The van der Waals surface area contributed by atoms with Crippen molar-refractivity contribution in [3.05, 3.63) is 0 Å². The van der Waals surface area contributed by atoms with E-state index in [2.05, 4.69) is 10.5 Å². The largest absolute Gasteiger partial charge is 0.273 e. The Bertz CT molecular complexity index is 420. The fourth-order valence-corrected chi connectivity index (χ4v) is 4.04. The maximum absolute atomic E-state index is 11.7. The summed E-state index contributed by atoms with van der Waals surface area (Å²) >= 11 is 0. The molecule has 5 nitrogen and oxygen atoms in total. The Morgan fingerprint density at radius 3 is 2.53 bits per heavy atom. The Labute approximate surface area is 102 Å². The van der Waals surface area contributed by atoms with Crippen LogP contribution in [0.5, 0.6) is 0 Å². The van der Waals surface area contributed by atoms with Crippen molar-refractivity contribution in [3.8, 4) is 0 Å². The van der Waals surface area contributed by atoms with Crippen LogP contribution in [0.25, 0.3) is 0 Å². The fourth-order valence-electron chi connectivity index (χ4n) is 2.30. The van der Waals surface area contributed by atoms with Crippen molar-refractivity contribution >= 4 is 21.5 Å². The first-order chi connectivity index (χ1) is 8.07. The Hall–Kier alpha value is -0.910. The van der Waals surface area contributed by atoms with Crippen molar-refractivity contribution in [1.29, 1.82) is 0 Å². The second-order valence-corrected chi connectivity index (χ2v) is 7.04. The predicted octanol–water partition coefficient (Wildman–Crippen LogP) is 0.857. The maximum atomic E-state index is 11.7. The van der Waals surface area contributed by atoms with Gasteiger partial charge in [-0.2, -0.15) is 5.10 Å². The molecule has 1 saturated carbocycles. The van der Waals surface area contributed by atoms with Gasteiger partial charge in [0.1, 0.15) is 0 Å². The molecule has 1 amide bonds. The number of hydrogen-bond donors (Lipinski definition) is 1. The lowest BCUT2D eigenvalue weighted by Gasteiger charge is -2.12. The molecule has 6 heteroatoms. The minimum atomic E-state index is -2.99. The Kier molecular flexibility index (Phi) is 3.81. The quantitative estimate of drug-likeness (QED) is 0.746. The van der Waals surface area contributed by atoms with Crippen molar-refractivity contribution in [2.75, 3.05) is 11.5 Å². The van der Waals surface area contributed by atoms with Crippen molar-refractivity contribution < 1.29 is 13.2 Å². The lowest BCUT2D eigenvalue weighted by atomic mass is 9.99. The molecule has 1 aliphatic heterocycles. The molecule has 0 aromatic carbocycles. The van der Waals surface area contributed by atoms with Crippen LogP contribution in [0.4, 0.5) is 0 Å². The van der Waals surface area contributed by atoms with Gasteiger partial charge in [-0.15, -0.1) is 0 Å². The zero-order chi connectivity index (χ0) is 12.3. The van der Waals surface area contributed by atoms with Gasteiger partial charge in [-0.1, -0.05) is 6.42 Å². The molecule has 0 bridgehead atoms. The summed E-state index contributed by atoms with van der Waals surface area (Å²) in [5, 5.41) is 4.10. The minimum absolute atomic E-state index is 0.0241. The number of hydrogen-bond acceptors (Lipinski definition) is 4. The van der Waals surface area contributed by atoms with Crippen LogP contribution < -0.4 is 5.43 Å². The van der Waals surface area contributed by atoms with Gasteiger partial charge in [0, 0.05) is 5.71 Å². The molecular weight excluding hydrogens is 240 g/mol. The molecule has 2 fully saturated rings. The average molecular weight is 258 g/mol. The zero-order valence-electron chi connectivity index (χ0n) is 9.81. The van der Waals surface area contributed by atoms with Crippen molar-refractivity contribution in [1.82, 2.24) is 5.43 Å². The summed E-state index contributed by atoms with van der Waals surface area (Å²) in [4.78, 5) is 11.7. The molecule has 0 aromatic rings.